The van der Waals surface area contributed by atoms with Gasteiger partial charge in [-0.15, -0.1) is 0 Å². The molecule has 3 N–H and O–H groups in total. The summed E-state index contributed by atoms with van der Waals surface area (Å²) in [5.41, 5.74) is 4.06. The number of fused-ring (bicyclic) bond motifs is 2. The maximum atomic E-state index is 14.5. The molecule has 11 heteroatoms. The third-order valence-electron chi connectivity index (χ3n) is 5.21. The number of anilines is 2. The van der Waals surface area contributed by atoms with Crippen LogP contribution in [0.4, 0.5) is 20.3 Å². The summed E-state index contributed by atoms with van der Waals surface area (Å²) in [7, 11) is 0. The van der Waals surface area contributed by atoms with Gasteiger partial charge in [-0.3, -0.25) is 10.2 Å². The van der Waals surface area contributed by atoms with Crippen LogP contribution in [0.1, 0.15) is 25.2 Å². The second-order valence-electron chi connectivity index (χ2n) is 7.29. The lowest BCUT2D eigenvalue weighted by Gasteiger charge is -2.22. The van der Waals surface area contributed by atoms with Crippen LogP contribution in [0.25, 0.3) is 22.1 Å². The van der Waals surface area contributed by atoms with Crippen molar-refractivity contribution in [2.24, 2.45) is 0 Å². The minimum atomic E-state index is -0.679. The van der Waals surface area contributed by atoms with E-state index in [1.807, 2.05) is 6.92 Å². The highest BCUT2D eigenvalue weighted by Crippen LogP contribution is 2.25. The summed E-state index contributed by atoms with van der Waals surface area (Å²) in [5.74, 6) is -0.319. The molecule has 1 unspecified atom stereocenters. The molecule has 166 valence electrons. The van der Waals surface area contributed by atoms with E-state index in [0.717, 1.165) is 0 Å². The Balaban J connectivity index is 1.66. The van der Waals surface area contributed by atoms with Crippen LogP contribution < -0.4 is 16.3 Å². The fourth-order valence-electron chi connectivity index (χ4n) is 3.59. The summed E-state index contributed by atoms with van der Waals surface area (Å²) in [4.78, 5) is 33.5. The molecule has 0 spiro atoms. The molecule has 9 nitrogen and oxygen atoms in total. The number of benzene rings is 2. The third-order valence-corrected chi connectivity index (χ3v) is 5.21. The fraction of sp³-hybridized carbons (Fsp3) is 0.136. The largest absolute Gasteiger partial charge is 0.358 e. The first kappa shape index (κ1) is 20.5. The maximum Gasteiger partial charge on any atom is 0.283 e. The van der Waals surface area contributed by atoms with Gasteiger partial charge in [0, 0.05) is 0 Å². The molecule has 3 heterocycles. The van der Waals surface area contributed by atoms with E-state index in [9.17, 15) is 13.6 Å². The zero-order chi connectivity index (χ0) is 22.9. The highest BCUT2D eigenvalue weighted by Gasteiger charge is 2.22. The van der Waals surface area contributed by atoms with Gasteiger partial charge in [-0.25, -0.2) is 33.4 Å². The lowest BCUT2D eigenvalue weighted by atomic mass is 10.1. The van der Waals surface area contributed by atoms with E-state index < -0.39 is 23.2 Å². The Bertz CT molecular complexity index is 1510. The molecule has 5 aromatic rings. The van der Waals surface area contributed by atoms with Crippen molar-refractivity contribution in [1.82, 2.24) is 29.6 Å². The Morgan fingerprint density at radius 1 is 1.09 bits per heavy atom. The summed E-state index contributed by atoms with van der Waals surface area (Å²) >= 11 is 0. The van der Waals surface area contributed by atoms with Crippen molar-refractivity contribution in [3.8, 4) is 0 Å². The molecule has 0 aliphatic rings. The highest BCUT2D eigenvalue weighted by molar-refractivity contribution is 5.82. The average Bonchev–Trinajstić information content (AvgIpc) is 3.30. The molecule has 5 rings (SSSR count). The van der Waals surface area contributed by atoms with Crippen molar-refractivity contribution in [1.29, 1.82) is 0 Å². The van der Waals surface area contributed by atoms with E-state index in [0.29, 0.717) is 34.9 Å². The number of hydrogen-bond acceptors (Lipinski definition) is 7. The summed E-state index contributed by atoms with van der Waals surface area (Å²) in [6.07, 6.45) is 3.40. The van der Waals surface area contributed by atoms with E-state index in [1.165, 1.54) is 53.7 Å². The molecule has 0 bridgehead atoms. The minimum Gasteiger partial charge on any atom is -0.358 e. The molecule has 1 atom stereocenters. The predicted octanol–water partition coefficient (Wildman–Crippen LogP) is 3.78. The minimum absolute atomic E-state index is 0.149. The molecule has 0 fully saturated rings. The highest BCUT2D eigenvalue weighted by atomic mass is 19.1. The first-order valence-electron chi connectivity index (χ1n) is 10.2. The van der Waals surface area contributed by atoms with Crippen LogP contribution in [-0.4, -0.2) is 29.6 Å². The number of halogens is 2. The number of H-pyrrole nitrogens is 1. The smallest absolute Gasteiger partial charge is 0.283 e. The zero-order valence-electron chi connectivity index (χ0n) is 17.4. The van der Waals surface area contributed by atoms with Gasteiger partial charge in [0.2, 0.25) is 0 Å². The monoisotopic (exact) mass is 448 g/mol. The molecule has 0 aliphatic carbocycles. The summed E-state index contributed by atoms with van der Waals surface area (Å²) in [6.45, 7) is 1.91. The van der Waals surface area contributed by atoms with Gasteiger partial charge in [0.1, 0.15) is 28.9 Å². The Kier molecular flexibility index (Phi) is 5.13. The number of aromatic nitrogens is 6. The van der Waals surface area contributed by atoms with E-state index in [-0.39, 0.29) is 10.9 Å². The lowest BCUT2D eigenvalue weighted by molar-refractivity contribution is 0.621. The number of hydrogen-bond donors (Lipinski definition) is 3. The van der Waals surface area contributed by atoms with Gasteiger partial charge < -0.3 is 10.3 Å². The van der Waals surface area contributed by atoms with Gasteiger partial charge in [-0.1, -0.05) is 13.0 Å². The van der Waals surface area contributed by atoms with Gasteiger partial charge in [-0.2, -0.15) is 0 Å². The molecule has 33 heavy (non-hydrogen) atoms. The van der Waals surface area contributed by atoms with Gasteiger partial charge in [0.25, 0.3) is 5.56 Å². The Morgan fingerprint density at radius 3 is 2.70 bits per heavy atom. The second-order valence-corrected chi connectivity index (χ2v) is 7.29. The third kappa shape index (κ3) is 3.73. The summed E-state index contributed by atoms with van der Waals surface area (Å²) in [6, 6.07) is 9.25. The van der Waals surface area contributed by atoms with E-state index in [2.05, 4.69) is 35.7 Å². The fourth-order valence-corrected chi connectivity index (χ4v) is 3.59. The standard InChI is InChI=1S/C22H18F2N8O/c1-2-15(29-20-18-19(26-10-25-18)27-11-28-20)21-30-16-5-3-4-14(24)17(16)22(33)32(21)31-13-8-6-12(23)7-9-13/h3-11,15,31H,2H2,1H3,(H2,25,26,27,28,29). The molecule has 0 amide bonds. The number of nitrogens with one attached hydrogen (secondary N) is 3. The van der Waals surface area contributed by atoms with Crippen LogP contribution in [0.2, 0.25) is 0 Å². The molecular formula is C22H18F2N8O. The van der Waals surface area contributed by atoms with E-state index >= 15 is 0 Å². The maximum absolute atomic E-state index is 14.5. The lowest BCUT2D eigenvalue weighted by Crippen LogP contribution is -2.34. The zero-order valence-corrected chi connectivity index (χ0v) is 17.4. The van der Waals surface area contributed by atoms with Crippen molar-refractivity contribution in [2.45, 2.75) is 19.4 Å². The first-order valence-corrected chi connectivity index (χ1v) is 10.2. The predicted molar refractivity (Wildman–Crippen MR) is 120 cm³/mol. The van der Waals surface area contributed by atoms with Crippen LogP contribution in [0.3, 0.4) is 0 Å². The van der Waals surface area contributed by atoms with Crippen molar-refractivity contribution >= 4 is 33.6 Å². The molecule has 0 aliphatic heterocycles. The molecule has 3 aromatic heterocycles. The number of imidazole rings is 1. The van der Waals surface area contributed by atoms with Crippen molar-refractivity contribution in [3.05, 3.63) is 82.9 Å². The van der Waals surface area contributed by atoms with Crippen LogP contribution >= 0.6 is 0 Å². The average molecular weight is 448 g/mol. The Hall–Kier alpha value is -4.41. The van der Waals surface area contributed by atoms with Gasteiger partial charge in [0.05, 0.1) is 23.6 Å². The van der Waals surface area contributed by atoms with Gasteiger partial charge in [-0.05, 0) is 42.8 Å². The Morgan fingerprint density at radius 2 is 1.91 bits per heavy atom. The molecule has 0 saturated heterocycles. The van der Waals surface area contributed by atoms with Crippen molar-refractivity contribution in [3.63, 3.8) is 0 Å². The number of nitrogens with zero attached hydrogens (tertiary/aromatic N) is 5. The summed E-state index contributed by atoms with van der Waals surface area (Å²) in [5, 5.41) is 3.13. The molecule has 2 aromatic carbocycles. The molecular weight excluding hydrogens is 430 g/mol. The molecule has 0 radical (unpaired) electrons. The van der Waals surface area contributed by atoms with Crippen LogP contribution in [0, 0.1) is 11.6 Å². The van der Waals surface area contributed by atoms with Crippen LogP contribution in [-0.2, 0) is 0 Å². The topological polar surface area (TPSA) is 113 Å². The molecule has 0 saturated carbocycles. The van der Waals surface area contributed by atoms with E-state index in [4.69, 9.17) is 0 Å². The number of rotatable bonds is 6. The van der Waals surface area contributed by atoms with Crippen molar-refractivity contribution in [2.75, 3.05) is 10.7 Å². The first-order chi connectivity index (χ1) is 16.0. The SMILES string of the molecule is CCC(Nc1ncnc2nc[nH]c12)c1nc2cccc(F)c2c(=O)n1Nc1ccc(F)cc1. The normalized spacial score (nSPS) is 12.2. The van der Waals surface area contributed by atoms with Crippen LogP contribution in [0.5, 0.6) is 0 Å². The number of aromatic amines is 1. The second kappa shape index (κ2) is 8.26. The Labute approximate surface area is 185 Å². The van der Waals surface area contributed by atoms with Crippen molar-refractivity contribution < 1.29 is 8.78 Å². The summed E-state index contributed by atoms with van der Waals surface area (Å²) < 4.78 is 29.1. The van der Waals surface area contributed by atoms with E-state index in [1.54, 1.807) is 6.07 Å². The quantitative estimate of drug-likeness (QED) is 0.362. The van der Waals surface area contributed by atoms with Gasteiger partial charge >= 0.3 is 0 Å². The van der Waals surface area contributed by atoms with Gasteiger partial charge in [0.15, 0.2) is 17.3 Å². The van der Waals surface area contributed by atoms with Crippen LogP contribution in [0.15, 0.2) is 59.9 Å².